The molecule has 2 aromatic carbocycles. The van der Waals surface area contributed by atoms with Gasteiger partial charge >= 0.3 is 12.1 Å². The molecule has 3 rings (SSSR count). The topological polar surface area (TPSA) is 114 Å². The van der Waals surface area contributed by atoms with Crippen LogP contribution in [0.4, 0.5) is 4.79 Å². The van der Waals surface area contributed by atoms with Gasteiger partial charge in [0, 0.05) is 26.0 Å². The molecule has 1 aliphatic carbocycles. The minimum atomic E-state index is -1.16. The lowest BCUT2D eigenvalue weighted by atomic mass is 9.98. The minimum Gasteiger partial charge on any atom is -0.480 e. The highest BCUT2D eigenvalue weighted by atomic mass is 16.5. The zero-order chi connectivity index (χ0) is 22.2. The molecule has 0 radical (unpaired) electrons. The fraction of sp³-hybridized carbons (Fsp3) is 0.348. The summed E-state index contributed by atoms with van der Waals surface area (Å²) in [5.41, 5.74) is 4.59. The number of aliphatic carboxylic acids is 1. The molecule has 31 heavy (non-hydrogen) atoms. The highest BCUT2D eigenvalue weighted by Gasteiger charge is 2.29. The Labute approximate surface area is 180 Å². The van der Waals surface area contributed by atoms with Gasteiger partial charge in [-0.1, -0.05) is 48.5 Å². The standard InChI is InChI=1S/C23H26N2O6/c1-30-14-20(22(27)28)25-21(26)11-6-12-24-23(29)31-13-19-17-9-4-2-7-15(17)16-8-3-5-10-18(16)19/h2-5,7-10,19-20H,6,11-14H2,1H3,(H,24,29)(H,25,26)(H,27,28). The van der Waals surface area contributed by atoms with Gasteiger partial charge in [-0.15, -0.1) is 0 Å². The molecule has 8 nitrogen and oxygen atoms in total. The molecule has 0 saturated heterocycles. The summed E-state index contributed by atoms with van der Waals surface area (Å²) in [6.07, 6.45) is -0.114. The number of benzene rings is 2. The summed E-state index contributed by atoms with van der Waals surface area (Å²) in [4.78, 5) is 34.9. The number of ether oxygens (including phenoxy) is 2. The average Bonchev–Trinajstić information content (AvgIpc) is 3.09. The van der Waals surface area contributed by atoms with Crippen LogP contribution in [-0.2, 0) is 19.1 Å². The number of hydrogen-bond donors (Lipinski definition) is 3. The molecule has 0 bridgehead atoms. The summed E-state index contributed by atoms with van der Waals surface area (Å²) >= 11 is 0. The van der Waals surface area contributed by atoms with E-state index in [-0.39, 0.29) is 32.1 Å². The minimum absolute atomic E-state index is 0.0161. The zero-order valence-electron chi connectivity index (χ0n) is 17.3. The smallest absolute Gasteiger partial charge is 0.407 e. The van der Waals surface area contributed by atoms with Gasteiger partial charge in [0.05, 0.1) is 6.61 Å². The molecule has 0 heterocycles. The number of carboxylic acids is 1. The Morgan fingerprint density at radius 3 is 2.23 bits per heavy atom. The zero-order valence-corrected chi connectivity index (χ0v) is 17.3. The monoisotopic (exact) mass is 426 g/mol. The van der Waals surface area contributed by atoms with E-state index >= 15 is 0 Å². The molecule has 8 heteroatoms. The van der Waals surface area contributed by atoms with E-state index in [0.717, 1.165) is 22.3 Å². The third kappa shape index (κ3) is 5.61. The summed E-state index contributed by atoms with van der Waals surface area (Å²) in [7, 11) is 1.36. The van der Waals surface area contributed by atoms with Crippen molar-refractivity contribution in [3.05, 3.63) is 59.7 Å². The maximum Gasteiger partial charge on any atom is 0.407 e. The summed E-state index contributed by atoms with van der Waals surface area (Å²) < 4.78 is 10.2. The second-order valence-electron chi connectivity index (χ2n) is 7.27. The van der Waals surface area contributed by atoms with Crippen molar-refractivity contribution in [1.82, 2.24) is 10.6 Å². The number of nitrogens with one attached hydrogen (secondary N) is 2. The van der Waals surface area contributed by atoms with Crippen LogP contribution in [-0.4, -0.2) is 56.0 Å². The lowest BCUT2D eigenvalue weighted by Crippen LogP contribution is -2.43. The molecule has 1 atom stereocenters. The van der Waals surface area contributed by atoms with Crippen LogP contribution in [0.25, 0.3) is 11.1 Å². The van der Waals surface area contributed by atoms with E-state index in [1.54, 1.807) is 0 Å². The van der Waals surface area contributed by atoms with Crippen molar-refractivity contribution < 1.29 is 29.0 Å². The molecule has 0 aromatic heterocycles. The van der Waals surface area contributed by atoms with Gasteiger partial charge in [0.2, 0.25) is 5.91 Å². The first-order chi connectivity index (χ1) is 15.0. The number of hydrogen-bond acceptors (Lipinski definition) is 5. The summed E-state index contributed by atoms with van der Waals surface area (Å²) in [5.74, 6) is -1.59. The number of carbonyl (C=O) groups is 3. The second-order valence-corrected chi connectivity index (χ2v) is 7.27. The van der Waals surface area contributed by atoms with Crippen molar-refractivity contribution in [2.75, 3.05) is 26.9 Å². The molecule has 1 aliphatic rings. The van der Waals surface area contributed by atoms with E-state index in [1.165, 1.54) is 7.11 Å². The van der Waals surface area contributed by atoms with Crippen molar-refractivity contribution in [3.8, 4) is 11.1 Å². The number of carbonyl (C=O) groups excluding carboxylic acids is 2. The van der Waals surface area contributed by atoms with Crippen LogP contribution in [0.3, 0.4) is 0 Å². The van der Waals surface area contributed by atoms with E-state index in [2.05, 4.69) is 22.8 Å². The number of rotatable bonds is 10. The summed E-state index contributed by atoms with van der Waals surface area (Å²) in [6, 6.07) is 15.1. The van der Waals surface area contributed by atoms with Gasteiger partial charge < -0.3 is 25.2 Å². The Morgan fingerprint density at radius 1 is 1.03 bits per heavy atom. The quantitative estimate of drug-likeness (QED) is 0.503. The van der Waals surface area contributed by atoms with E-state index in [1.807, 2.05) is 36.4 Å². The van der Waals surface area contributed by atoms with Crippen LogP contribution in [0.15, 0.2) is 48.5 Å². The normalized spacial score (nSPS) is 13.1. The molecular weight excluding hydrogens is 400 g/mol. The average molecular weight is 426 g/mol. The predicted octanol–water partition coefficient (Wildman–Crippen LogP) is 2.52. The number of amides is 2. The maximum atomic E-state index is 12.1. The first-order valence-electron chi connectivity index (χ1n) is 10.1. The molecule has 0 spiro atoms. The fourth-order valence-electron chi connectivity index (χ4n) is 3.70. The Kier molecular flexibility index (Phi) is 7.61. The van der Waals surface area contributed by atoms with Crippen LogP contribution >= 0.6 is 0 Å². The van der Waals surface area contributed by atoms with Gasteiger partial charge in [-0.25, -0.2) is 9.59 Å². The van der Waals surface area contributed by atoms with Crippen molar-refractivity contribution >= 4 is 18.0 Å². The van der Waals surface area contributed by atoms with Gasteiger partial charge in [-0.2, -0.15) is 0 Å². The molecule has 0 aliphatic heterocycles. The molecular formula is C23H26N2O6. The lowest BCUT2D eigenvalue weighted by molar-refractivity contribution is -0.143. The molecule has 2 aromatic rings. The van der Waals surface area contributed by atoms with Gasteiger partial charge in [0.1, 0.15) is 6.61 Å². The second kappa shape index (κ2) is 10.6. The number of methoxy groups -OCH3 is 1. The van der Waals surface area contributed by atoms with Crippen LogP contribution in [0, 0.1) is 0 Å². The van der Waals surface area contributed by atoms with E-state index in [4.69, 9.17) is 14.6 Å². The van der Waals surface area contributed by atoms with Gasteiger partial charge in [0.25, 0.3) is 0 Å². The maximum absolute atomic E-state index is 12.1. The van der Waals surface area contributed by atoms with Crippen molar-refractivity contribution in [2.24, 2.45) is 0 Å². The summed E-state index contributed by atoms with van der Waals surface area (Å²) in [6.45, 7) is 0.350. The van der Waals surface area contributed by atoms with Crippen LogP contribution in [0.5, 0.6) is 0 Å². The van der Waals surface area contributed by atoms with E-state index in [0.29, 0.717) is 6.42 Å². The van der Waals surface area contributed by atoms with Gasteiger partial charge in [-0.05, 0) is 28.7 Å². The van der Waals surface area contributed by atoms with Crippen molar-refractivity contribution in [2.45, 2.75) is 24.8 Å². The Hall–Kier alpha value is -3.39. The lowest BCUT2D eigenvalue weighted by Gasteiger charge is -2.15. The third-order valence-corrected chi connectivity index (χ3v) is 5.16. The SMILES string of the molecule is COCC(NC(=O)CCCNC(=O)OCC1c2ccccc2-c2ccccc21)C(=O)O. The van der Waals surface area contributed by atoms with Gasteiger partial charge in [0.15, 0.2) is 6.04 Å². The van der Waals surface area contributed by atoms with Crippen molar-refractivity contribution in [1.29, 1.82) is 0 Å². The summed E-state index contributed by atoms with van der Waals surface area (Å²) in [5, 5.41) is 14.0. The molecule has 164 valence electrons. The van der Waals surface area contributed by atoms with Crippen LogP contribution < -0.4 is 10.6 Å². The third-order valence-electron chi connectivity index (χ3n) is 5.16. The predicted molar refractivity (Wildman–Crippen MR) is 114 cm³/mol. The molecule has 3 N–H and O–H groups in total. The van der Waals surface area contributed by atoms with Crippen LogP contribution in [0.2, 0.25) is 0 Å². The Balaban J connectivity index is 1.42. The largest absolute Gasteiger partial charge is 0.480 e. The highest BCUT2D eigenvalue weighted by molar-refractivity contribution is 5.83. The number of carboxylic acid groups (broad SMARTS) is 1. The molecule has 0 saturated carbocycles. The van der Waals surface area contributed by atoms with Gasteiger partial charge in [-0.3, -0.25) is 4.79 Å². The fourth-order valence-corrected chi connectivity index (χ4v) is 3.70. The van der Waals surface area contributed by atoms with Crippen LogP contribution in [0.1, 0.15) is 29.9 Å². The molecule has 0 fully saturated rings. The molecule has 1 unspecified atom stereocenters. The first-order valence-corrected chi connectivity index (χ1v) is 10.1. The first kappa shape index (κ1) is 22.3. The highest BCUT2D eigenvalue weighted by Crippen LogP contribution is 2.44. The van der Waals surface area contributed by atoms with E-state index in [9.17, 15) is 14.4 Å². The van der Waals surface area contributed by atoms with E-state index < -0.39 is 24.0 Å². The molecule has 2 amide bonds. The Bertz CT molecular complexity index is 900. The number of fused-ring (bicyclic) bond motifs is 3. The Morgan fingerprint density at radius 2 is 1.65 bits per heavy atom. The number of alkyl carbamates (subject to hydrolysis) is 1. The van der Waals surface area contributed by atoms with Crippen molar-refractivity contribution in [3.63, 3.8) is 0 Å².